The van der Waals surface area contributed by atoms with Crippen LogP contribution < -0.4 is 5.32 Å². The largest absolute Gasteiger partial charge is 0.355 e. The highest BCUT2D eigenvalue weighted by atomic mass is 32.2. The van der Waals surface area contributed by atoms with Crippen molar-refractivity contribution in [2.45, 2.75) is 31.7 Å². The van der Waals surface area contributed by atoms with E-state index in [2.05, 4.69) is 10.4 Å². The number of aromatic nitrogens is 2. The zero-order chi connectivity index (χ0) is 16.8. The van der Waals surface area contributed by atoms with Gasteiger partial charge in [0.2, 0.25) is 5.91 Å². The molecular formula is C16H19F2N3OS. The monoisotopic (exact) mass is 339 g/mol. The smallest absolute Gasteiger partial charge is 0.230 e. The van der Waals surface area contributed by atoms with Gasteiger partial charge < -0.3 is 5.32 Å². The van der Waals surface area contributed by atoms with Gasteiger partial charge in [0.1, 0.15) is 0 Å². The molecule has 7 heteroatoms. The van der Waals surface area contributed by atoms with Crippen LogP contribution in [0.5, 0.6) is 0 Å². The van der Waals surface area contributed by atoms with Crippen molar-refractivity contribution in [2.75, 3.05) is 12.3 Å². The number of carbonyl (C=O) groups excluding carboxylic acids is 1. The number of hydrogen-bond acceptors (Lipinski definition) is 3. The van der Waals surface area contributed by atoms with Crippen LogP contribution in [0.2, 0.25) is 0 Å². The number of carbonyl (C=O) groups is 1. The first-order valence-electron chi connectivity index (χ1n) is 7.31. The fourth-order valence-corrected chi connectivity index (χ4v) is 2.88. The molecule has 2 aromatic rings. The molecule has 0 fully saturated rings. The molecule has 0 saturated carbocycles. The Hall–Kier alpha value is -1.89. The summed E-state index contributed by atoms with van der Waals surface area (Å²) in [6, 6.07) is 5.62. The number of nitrogens with one attached hydrogen (secondary N) is 1. The molecule has 1 aromatic carbocycles. The highest BCUT2D eigenvalue weighted by molar-refractivity contribution is 8.00. The van der Waals surface area contributed by atoms with Gasteiger partial charge in [-0.15, -0.1) is 11.8 Å². The minimum atomic E-state index is -0.903. The molecule has 1 heterocycles. The number of nitrogens with zero attached hydrogens (tertiary/aromatic N) is 2. The third kappa shape index (κ3) is 5.35. The van der Waals surface area contributed by atoms with Crippen molar-refractivity contribution < 1.29 is 13.6 Å². The molecule has 0 spiro atoms. The SMILES string of the molecule is Cc1cc(C)n(CCCNC(=O)CSc2ccc(F)c(F)c2)n1. The number of hydrogen-bond donors (Lipinski definition) is 1. The van der Waals surface area contributed by atoms with Gasteiger partial charge in [-0.3, -0.25) is 9.48 Å². The molecule has 0 saturated heterocycles. The molecule has 0 radical (unpaired) electrons. The fourth-order valence-electron chi connectivity index (χ4n) is 2.12. The Morgan fingerprint density at radius 3 is 2.70 bits per heavy atom. The van der Waals surface area contributed by atoms with Crippen molar-refractivity contribution in [1.29, 1.82) is 0 Å². The van der Waals surface area contributed by atoms with Crippen LogP contribution in [-0.4, -0.2) is 28.0 Å². The highest BCUT2D eigenvalue weighted by Crippen LogP contribution is 2.19. The second kappa shape index (κ2) is 8.10. The Bertz CT molecular complexity index is 688. The molecule has 0 aliphatic carbocycles. The van der Waals surface area contributed by atoms with Gasteiger partial charge in [0, 0.05) is 23.7 Å². The van der Waals surface area contributed by atoms with Gasteiger partial charge in [-0.1, -0.05) is 0 Å². The predicted octanol–water partition coefficient (Wildman–Crippen LogP) is 3.08. The summed E-state index contributed by atoms with van der Waals surface area (Å²) in [5, 5.41) is 7.16. The van der Waals surface area contributed by atoms with Crippen LogP contribution in [0.15, 0.2) is 29.2 Å². The maximum absolute atomic E-state index is 13.1. The van der Waals surface area contributed by atoms with Gasteiger partial charge in [0.25, 0.3) is 0 Å². The lowest BCUT2D eigenvalue weighted by Crippen LogP contribution is -2.27. The molecule has 124 valence electrons. The summed E-state index contributed by atoms with van der Waals surface area (Å²) < 4.78 is 27.8. The molecule has 23 heavy (non-hydrogen) atoms. The topological polar surface area (TPSA) is 46.9 Å². The van der Waals surface area contributed by atoms with E-state index in [4.69, 9.17) is 0 Å². The second-order valence-electron chi connectivity index (χ2n) is 5.22. The van der Waals surface area contributed by atoms with Gasteiger partial charge in [0.15, 0.2) is 11.6 Å². The Balaban J connectivity index is 1.67. The van der Waals surface area contributed by atoms with Crippen molar-refractivity contribution in [1.82, 2.24) is 15.1 Å². The Morgan fingerprint density at radius 1 is 1.26 bits per heavy atom. The van der Waals surface area contributed by atoms with Crippen LogP contribution in [0.1, 0.15) is 17.8 Å². The quantitative estimate of drug-likeness (QED) is 0.623. The van der Waals surface area contributed by atoms with Crippen LogP contribution in [-0.2, 0) is 11.3 Å². The lowest BCUT2D eigenvalue weighted by Gasteiger charge is -2.07. The number of amides is 1. The molecule has 0 aliphatic heterocycles. The van der Waals surface area contributed by atoms with Gasteiger partial charge in [-0.2, -0.15) is 5.10 Å². The first-order valence-corrected chi connectivity index (χ1v) is 8.30. The zero-order valence-electron chi connectivity index (χ0n) is 13.1. The summed E-state index contributed by atoms with van der Waals surface area (Å²) in [4.78, 5) is 12.3. The van der Waals surface area contributed by atoms with E-state index in [1.54, 1.807) is 0 Å². The van der Waals surface area contributed by atoms with Crippen LogP contribution in [0.4, 0.5) is 8.78 Å². The molecule has 1 aromatic heterocycles. The molecule has 0 atom stereocenters. The molecular weight excluding hydrogens is 320 g/mol. The molecule has 2 rings (SSSR count). The first kappa shape index (κ1) is 17.5. The van der Waals surface area contributed by atoms with Crippen LogP contribution in [0, 0.1) is 25.5 Å². The number of rotatable bonds is 7. The van der Waals surface area contributed by atoms with E-state index in [1.807, 2.05) is 24.6 Å². The minimum Gasteiger partial charge on any atom is -0.355 e. The summed E-state index contributed by atoms with van der Waals surface area (Å²) in [7, 11) is 0. The maximum atomic E-state index is 13.1. The predicted molar refractivity (Wildman–Crippen MR) is 86.4 cm³/mol. The number of benzene rings is 1. The van der Waals surface area contributed by atoms with E-state index in [9.17, 15) is 13.6 Å². The van der Waals surface area contributed by atoms with Crippen molar-refractivity contribution in [3.8, 4) is 0 Å². The summed E-state index contributed by atoms with van der Waals surface area (Å²) in [5.41, 5.74) is 2.08. The van der Waals surface area contributed by atoms with Crippen LogP contribution in [0.3, 0.4) is 0 Å². The Morgan fingerprint density at radius 2 is 2.04 bits per heavy atom. The summed E-state index contributed by atoms with van der Waals surface area (Å²) in [6.45, 7) is 5.24. The lowest BCUT2D eigenvalue weighted by atomic mass is 10.3. The van der Waals surface area contributed by atoms with Gasteiger partial charge >= 0.3 is 0 Å². The average molecular weight is 339 g/mol. The van der Waals surface area contributed by atoms with Crippen molar-refractivity contribution >= 4 is 17.7 Å². The normalized spacial score (nSPS) is 10.8. The Kier molecular flexibility index (Phi) is 6.15. The zero-order valence-corrected chi connectivity index (χ0v) is 13.9. The molecule has 0 aliphatic rings. The minimum absolute atomic E-state index is 0.131. The third-order valence-electron chi connectivity index (χ3n) is 3.23. The summed E-state index contributed by atoms with van der Waals surface area (Å²) in [6.07, 6.45) is 0.781. The van der Waals surface area contributed by atoms with E-state index in [0.717, 1.165) is 36.5 Å². The molecule has 0 unspecified atom stereocenters. The van der Waals surface area contributed by atoms with Crippen molar-refractivity contribution in [2.24, 2.45) is 0 Å². The number of halogens is 2. The summed E-state index contributed by atoms with van der Waals surface area (Å²) >= 11 is 1.18. The van der Waals surface area contributed by atoms with E-state index in [-0.39, 0.29) is 11.7 Å². The van der Waals surface area contributed by atoms with E-state index >= 15 is 0 Å². The first-order chi connectivity index (χ1) is 11.0. The molecule has 0 bridgehead atoms. The van der Waals surface area contributed by atoms with Gasteiger partial charge in [0.05, 0.1) is 11.4 Å². The maximum Gasteiger partial charge on any atom is 0.230 e. The van der Waals surface area contributed by atoms with Crippen molar-refractivity contribution in [3.05, 3.63) is 47.3 Å². The van der Waals surface area contributed by atoms with E-state index in [0.29, 0.717) is 11.4 Å². The average Bonchev–Trinajstić information content (AvgIpc) is 2.83. The highest BCUT2D eigenvalue weighted by Gasteiger charge is 2.06. The molecule has 1 N–H and O–H groups in total. The second-order valence-corrected chi connectivity index (χ2v) is 6.27. The standard InChI is InChI=1S/C16H19F2N3OS/c1-11-8-12(2)21(20-11)7-3-6-19-16(22)10-23-13-4-5-14(17)15(18)9-13/h4-5,8-9H,3,6-7,10H2,1-2H3,(H,19,22). The third-order valence-corrected chi connectivity index (χ3v) is 4.23. The van der Waals surface area contributed by atoms with Gasteiger partial charge in [-0.25, -0.2) is 8.78 Å². The van der Waals surface area contributed by atoms with E-state index < -0.39 is 11.6 Å². The summed E-state index contributed by atoms with van der Waals surface area (Å²) in [5.74, 6) is -1.75. The Labute approximate surface area is 138 Å². The van der Waals surface area contributed by atoms with Crippen LogP contribution in [0.25, 0.3) is 0 Å². The molecule has 1 amide bonds. The van der Waals surface area contributed by atoms with Crippen molar-refractivity contribution in [3.63, 3.8) is 0 Å². The fraction of sp³-hybridized carbons (Fsp3) is 0.375. The van der Waals surface area contributed by atoms with Gasteiger partial charge in [-0.05, 0) is 44.5 Å². The number of thioether (sulfide) groups is 1. The van der Waals surface area contributed by atoms with Crippen LogP contribution >= 0.6 is 11.8 Å². The number of aryl methyl sites for hydroxylation is 3. The lowest BCUT2D eigenvalue weighted by molar-refractivity contribution is -0.118. The van der Waals surface area contributed by atoms with E-state index in [1.165, 1.54) is 17.8 Å². The molecule has 4 nitrogen and oxygen atoms in total.